The SMILES string of the molecule is CCC[C@H]1C(=O)C(C)(C)[C@@H](O)CC(=O)O[C@H](/C(C)=C/c2csc(C)n2)C[C@@H]2O[C@]2(C)CCC[C@@H](C)[C@H]1O. The molecule has 2 N–H and O–H groups in total. The Morgan fingerprint density at radius 2 is 1.97 bits per heavy atom. The van der Waals surface area contributed by atoms with Crippen LogP contribution in [0.4, 0.5) is 0 Å². The number of nitrogens with zero attached hydrogens (tertiary/aromatic N) is 1. The second-order valence-electron chi connectivity index (χ2n) is 11.9. The average Bonchev–Trinajstić information content (AvgIpc) is 3.27. The zero-order valence-electron chi connectivity index (χ0n) is 23.5. The van der Waals surface area contributed by atoms with Crippen molar-refractivity contribution in [3.63, 3.8) is 0 Å². The molecule has 3 rings (SSSR count). The highest BCUT2D eigenvalue weighted by Crippen LogP contribution is 2.45. The van der Waals surface area contributed by atoms with Crippen molar-refractivity contribution in [3.05, 3.63) is 21.7 Å². The number of hydrogen-bond donors (Lipinski definition) is 2. The van der Waals surface area contributed by atoms with Gasteiger partial charge in [-0.2, -0.15) is 0 Å². The molecule has 2 aliphatic rings. The Balaban J connectivity index is 1.88. The molecular formula is C29H45NO6S. The van der Waals surface area contributed by atoms with Crippen LogP contribution in [0.3, 0.4) is 0 Å². The van der Waals surface area contributed by atoms with Crippen LogP contribution in [0, 0.1) is 24.2 Å². The summed E-state index contributed by atoms with van der Waals surface area (Å²) >= 11 is 1.56. The lowest BCUT2D eigenvalue weighted by atomic mass is 9.71. The van der Waals surface area contributed by atoms with Crippen molar-refractivity contribution in [1.82, 2.24) is 4.98 Å². The summed E-state index contributed by atoms with van der Waals surface area (Å²) in [7, 11) is 0. The van der Waals surface area contributed by atoms with Crippen LogP contribution < -0.4 is 0 Å². The predicted molar refractivity (Wildman–Crippen MR) is 145 cm³/mol. The summed E-state index contributed by atoms with van der Waals surface area (Å²) in [5.41, 5.74) is 0.184. The van der Waals surface area contributed by atoms with Gasteiger partial charge >= 0.3 is 5.97 Å². The Kier molecular flexibility index (Phi) is 9.76. The van der Waals surface area contributed by atoms with Gasteiger partial charge in [-0.15, -0.1) is 11.3 Å². The highest BCUT2D eigenvalue weighted by Gasteiger charge is 2.53. The molecule has 2 fully saturated rings. The van der Waals surface area contributed by atoms with Gasteiger partial charge in [0, 0.05) is 17.7 Å². The molecule has 1 aromatic heterocycles. The van der Waals surface area contributed by atoms with Crippen LogP contribution in [-0.2, 0) is 19.1 Å². The van der Waals surface area contributed by atoms with Crippen molar-refractivity contribution in [2.75, 3.05) is 0 Å². The maximum Gasteiger partial charge on any atom is 0.309 e. The van der Waals surface area contributed by atoms with E-state index in [1.54, 1.807) is 25.2 Å². The largest absolute Gasteiger partial charge is 0.458 e. The van der Waals surface area contributed by atoms with Crippen molar-refractivity contribution in [3.8, 4) is 0 Å². The van der Waals surface area contributed by atoms with Gasteiger partial charge in [0.1, 0.15) is 11.9 Å². The van der Waals surface area contributed by atoms with Crippen LogP contribution in [-0.4, -0.2) is 57.0 Å². The first kappa shape index (κ1) is 29.9. The number of aliphatic hydroxyl groups excluding tert-OH is 2. The summed E-state index contributed by atoms with van der Waals surface area (Å²) in [6.45, 7) is 13.2. The minimum Gasteiger partial charge on any atom is -0.458 e. The number of carbonyl (C=O) groups is 2. The number of epoxide rings is 1. The number of thiazole rings is 1. The molecule has 2 saturated heterocycles. The molecule has 0 bridgehead atoms. The number of Topliss-reactive ketones (excluding diaryl/α,β-unsaturated/α-hetero) is 1. The van der Waals surface area contributed by atoms with Crippen LogP contribution >= 0.6 is 11.3 Å². The van der Waals surface area contributed by atoms with Crippen molar-refractivity contribution >= 4 is 29.2 Å². The predicted octanol–water partition coefficient (Wildman–Crippen LogP) is 5.26. The molecule has 7 atom stereocenters. The van der Waals surface area contributed by atoms with E-state index in [0.29, 0.717) is 12.8 Å². The minimum atomic E-state index is -1.23. The molecule has 2 aliphatic heterocycles. The van der Waals surface area contributed by atoms with Gasteiger partial charge in [-0.3, -0.25) is 9.59 Å². The Morgan fingerprint density at radius 3 is 2.59 bits per heavy atom. The lowest BCUT2D eigenvalue weighted by Crippen LogP contribution is -2.46. The Bertz CT molecular complexity index is 987. The molecule has 0 radical (unpaired) electrons. The number of ketones is 1. The number of fused-ring (bicyclic) bond motifs is 1. The van der Waals surface area contributed by atoms with E-state index in [-0.39, 0.29) is 29.8 Å². The first-order valence-corrected chi connectivity index (χ1v) is 14.5. The second-order valence-corrected chi connectivity index (χ2v) is 12.9. The molecule has 37 heavy (non-hydrogen) atoms. The lowest BCUT2D eigenvalue weighted by Gasteiger charge is -2.36. The molecule has 0 saturated carbocycles. The Labute approximate surface area is 225 Å². The van der Waals surface area contributed by atoms with E-state index in [1.165, 1.54) is 0 Å². The molecular weight excluding hydrogens is 490 g/mol. The average molecular weight is 536 g/mol. The van der Waals surface area contributed by atoms with Crippen LogP contribution in [0.1, 0.15) is 97.2 Å². The number of esters is 1. The third kappa shape index (κ3) is 7.28. The fourth-order valence-corrected chi connectivity index (χ4v) is 6.04. The quantitative estimate of drug-likeness (QED) is 0.400. The molecule has 0 unspecified atom stereocenters. The normalized spacial score (nSPS) is 36.1. The Morgan fingerprint density at radius 1 is 1.27 bits per heavy atom. The third-order valence-corrected chi connectivity index (χ3v) is 9.14. The van der Waals surface area contributed by atoms with Crippen LogP contribution in [0.5, 0.6) is 0 Å². The van der Waals surface area contributed by atoms with Gasteiger partial charge < -0.3 is 19.7 Å². The van der Waals surface area contributed by atoms with Crippen LogP contribution in [0.15, 0.2) is 11.0 Å². The molecule has 0 amide bonds. The van der Waals surface area contributed by atoms with E-state index in [4.69, 9.17) is 9.47 Å². The first-order chi connectivity index (χ1) is 17.3. The molecule has 208 valence electrons. The zero-order chi connectivity index (χ0) is 27.5. The topological polar surface area (TPSA) is 109 Å². The fraction of sp³-hybridized carbons (Fsp3) is 0.759. The summed E-state index contributed by atoms with van der Waals surface area (Å²) in [4.78, 5) is 31.2. The molecule has 0 aromatic carbocycles. The summed E-state index contributed by atoms with van der Waals surface area (Å²) in [6, 6.07) is 0. The maximum absolute atomic E-state index is 13.6. The second kappa shape index (κ2) is 12.1. The summed E-state index contributed by atoms with van der Waals surface area (Å²) in [6.07, 6.45) is 3.32. The number of ether oxygens (including phenoxy) is 2. The van der Waals surface area contributed by atoms with Gasteiger partial charge in [0.25, 0.3) is 0 Å². The number of rotatable bonds is 4. The van der Waals surface area contributed by atoms with E-state index in [2.05, 4.69) is 11.9 Å². The third-order valence-electron chi connectivity index (χ3n) is 8.35. The van der Waals surface area contributed by atoms with E-state index in [9.17, 15) is 19.8 Å². The number of hydrogen-bond acceptors (Lipinski definition) is 8. The maximum atomic E-state index is 13.6. The molecule has 3 heterocycles. The van der Waals surface area contributed by atoms with Crippen molar-refractivity contribution in [2.24, 2.45) is 17.3 Å². The van der Waals surface area contributed by atoms with Gasteiger partial charge in [0.05, 0.1) is 46.5 Å². The minimum absolute atomic E-state index is 0.0465. The highest BCUT2D eigenvalue weighted by molar-refractivity contribution is 7.09. The van der Waals surface area contributed by atoms with Crippen molar-refractivity contribution in [1.29, 1.82) is 0 Å². The van der Waals surface area contributed by atoms with E-state index in [1.807, 2.05) is 39.2 Å². The number of cyclic esters (lactones) is 1. The van der Waals surface area contributed by atoms with Gasteiger partial charge in [0.2, 0.25) is 0 Å². The van der Waals surface area contributed by atoms with E-state index < -0.39 is 35.6 Å². The molecule has 1 aromatic rings. The van der Waals surface area contributed by atoms with Gasteiger partial charge in [-0.25, -0.2) is 4.98 Å². The summed E-state index contributed by atoms with van der Waals surface area (Å²) < 4.78 is 12.0. The molecule has 0 aliphatic carbocycles. The first-order valence-electron chi connectivity index (χ1n) is 13.7. The molecule has 8 heteroatoms. The zero-order valence-corrected chi connectivity index (χ0v) is 24.3. The highest BCUT2D eigenvalue weighted by atomic mass is 32.1. The van der Waals surface area contributed by atoms with E-state index >= 15 is 0 Å². The smallest absolute Gasteiger partial charge is 0.309 e. The van der Waals surface area contributed by atoms with Crippen molar-refractivity contribution < 1.29 is 29.3 Å². The Hall–Kier alpha value is -1.61. The fourth-order valence-electron chi connectivity index (χ4n) is 5.47. The van der Waals surface area contributed by atoms with Gasteiger partial charge in [-0.05, 0) is 57.6 Å². The lowest BCUT2D eigenvalue weighted by molar-refractivity contribution is -0.154. The van der Waals surface area contributed by atoms with E-state index in [0.717, 1.165) is 42.0 Å². The number of carbonyl (C=O) groups excluding carboxylic acids is 2. The monoisotopic (exact) mass is 535 g/mol. The van der Waals surface area contributed by atoms with Crippen LogP contribution in [0.2, 0.25) is 0 Å². The summed E-state index contributed by atoms with van der Waals surface area (Å²) in [5, 5.41) is 25.1. The van der Waals surface area contributed by atoms with Crippen LogP contribution in [0.25, 0.3) is 6.08 Å². The number of aliphatic hydroxyl groups is 2. The van der Waals surface area contributed by atoms with Crippen molar-refractivity contribution in [2.45, 2.75) is 123 Å². The molecule has 0 spiro atoms. The molecule has 7 nitrogen and oxygen atoms in total. The standard InChI is InChI=1S/C29H45NO6S/c1-8-10-21-26(33)17(2)11-9-12-29(7)24(36-29)14-22(18(3)13-20-16-37-19(4)30-20)35-25(32)15-23(31)28(5,6)27(21)34/h13,16-17,21-24,26,31,33H,8-12,14-15H2,1-7H3/b18-13+/t17-,21-,22+,23+,24+,26-,29-/m1/s1. The number of aryl methyl sites for hydroxylation is 1. The number of aromatic nitrogens is 1. The van der Waals surface area contributed by atoms with Gasteiger partial charge in [-0.1, -0.05) is 40.5 Å². The summed E-state index contributed by atoms with van der Waals surface area (Å²) in [5.74, 6) is -1.42. The van der Waals surface area contributed by atoms with Gasteiger partial charge in [0.15, 0.2) is 0 Å².